The molecular weight excluding hydrogens is 351 g/mol. The van der Waals surface area contributed by atoms with E-state index in [-0.39, 0.29) is 18.3 Å². The molecule has 1 aliphatic heterocycles. The number of hydrogen-bond donors (Lipinski definition) is 1. The van der Waals surface area contributed by atoms with Crippen LogP contribution in [0.15, 0.2) is 12.1 Å². The molecule has 136 valence electrons. The summed E-state index contributed by atoms with van der Waals surface area (Å²) in [6.45, 7) is 5.80. The van der Waals surface area contributed by atoms with Crippen molar-refractivity contribution in [1.82, 2.24) is 10.2 Å². The molecule has 7 heteroatoms. The zero-order valence-corrected chi connectivity index (χ0v) is 15.8. The number of rotatable bonds is 9. The highest BCUT2D eigenvalue weighted by atomic mass is 35.5. The summed E-state index contributed by atoms with van der Waals surface area (Å²) in [6.07, 6.45) is 2.66. The lowest BCUT2D eigenvalue weighted by atomic mass is 10.2. The van der Waals surface area contributed by atoms with Crippen LogP contribution in [0.3, 0.4) is 0 Å². The van der Waals surface area contributed by atoms with Gasteiger partial charge in [-0.15, -0.1) is 12.4 Å². The molecule has 1 saturated heterocycles. The smallest absolute Gasteiger partial charge is 0.222 e. The Labute approximate surface area is 155 Å². The lowest BCUT2D eigenvalue weighted by molar-refractivity contribution is -0.127. The van der Waals surface area contributed by atoms with Crippen LogP contribution in [0.1, 0.15) is 31.7 Å². The van der Waals surface area contributed by atoms with Crippen LogP contribution in [-0.4, -0.2) is 44.2 Å². The minimum Gasteiger partial charge on any atom is -0.491 e. The Hall–Kier alpha value is -1.17. The molecule has 1 fully saturated rings. The van der Waals surface area contributed by atoms with Gasteiger partial charge in [0.25, 0.3) is 0 Å². The van der Waals surface area contributed by atoms with Crippen molar-refractivity contribution in [3.63, 3.8) is 0 Å². The fourth-order valence-electron chi connectivity index (χ4n) is 2.75. The van der Waals surface area contributed by atoms with E-state index in [0.29, 0.717) is 36.1 Å². The first-order valence-electron chi connectivity index (χ1n) is 8.13. The van der Waals surface area contributed by atoms with E-state index in [4.69, 9.17) is 21.1 Å². The number of benzene rings is 1. The van der Waals surface area contributed by atoms with Gasteiger partial charge in [-0.2, -0.15) is 0 Å². The molecule has 0 aromatic heterocycles. The summed E-state index contributed by atoms with van der Waals surface area (Å²) in [5.74, 6) is 1.53. The third kappa shape index (κ3) is 5.72. The van der Waals surface area contributed by atoms with E-state index in [1.807, 2.05) is 24.0 Å². The van der Waals surface area contributed by atoms with Crippen LogP contribution < -0.4 is 14.8 Å². The topological polar surface area (TPSA) is 50.8 Å². The van der Waals surface area contributed by atoms with E-state index < -0.39 is 0 Å². The standard InChI is InChI=1S/C17H25ClN2O3.ClH/c1-3-23-15-11-13(10-14(18)17(15)22-2)12-19-7-5-9-20-8-4-6-16(20)21;/h10-11,19H,3-9,12H2,1-2H3;1H. The summed E-state index contributed by atoms with van der Waals surface area (Å²) < 4.78 is 10.9. The molecule has 24 heavy (non-hydrogen) atoms. The third-order valence-corrected chi connectivity index (χ3v) is 4.14. The number of methoxy groups -OCH3 is 1. The van der Waals surface area contributed by atoms with Crippen molar-refractivity contribution in [3.05, 3.63) is 22.7 Å². The van der Waals surface area contributed by atoms with Crippen molar-refractivity contribution in [2.24, 2.45) is 0 Å². The SMILES string of the molecule is CCOc1cc(CNCCCN2CCCC2=O)cc(Cl)c1OC.Cl. The van der Waals surface area contributed by atoms with Gasteiger partial charge in [-0.05, 0) is 44.0 Å². The molecule has 5 nitrogen and oxygen atoms in total. The highest BCUT2D eigenvalue weighted by Gasteiger charge is 2.18. The van der Waals surface area contributed by atoms with Gasteiger partial charge in [0.15, 0.2) is 11.5 Å². The van der Waals surface area contributed by atoms with Gasteiger partial charge < -0.3 is 19.7 Å². The second-order valence-electron chi connectivity index (χ2n) is 5.56. The first-order chi connectivity index (χ1) is 11.2. The molecule has 2 rings (SSSR count). The zero-order valence-electron chi connectivity index (χ0n) is 14.3. The normalized spacial score (nSPS) is 13.8. The van der Waals surface area contributed by atoms with Gasteiger partial charge in [0.05, 0.1) is 18.7 Å². The quantitative estimate of drug-likeness (QED) is 0.671. The number of carbonyl (C=O) groups is 1. The molecule has 0 aliphatic carbocycles. The molecule has 0 spiro atoms. The summed E-state index contributed by atoms with van der Waals surface area (Å²) in [4.78, 5) is 13.5. The Balaban J connectivity index is 0.00000288. The van der Waals surface area contributed by atoms with E-state index in [1.165, 1.54) is 0 Å². The van der Waals surface area contributed by atoms with Gasteiger partial charge in [-0.25, -0.2) is 0 Å². The summed E-state index contributed by atoms with van der Waals surface area (Å²) in [5, 5.41) is 3.94. The van der Waals surface area contributed by atoms with Crippen molar-refractivity contribution >= 4 is 29.9 Å². The van der Waals surface area contributed by atoms with Crippen LogP contribution in [0, 0.1) is 0 Å². The van der Waals surface area contributed by atoms with Crippen LogP contribution in [0.4, 0.5) is 0 Å². The van der Waals surface area contributed by atoms with Gasteiger partial charge in [0.2, 0.25) is 5.91 Å². The van der Waals surface area contributed by atoms with Crippen LogP contribution in [-0.2, 0) is 11.3 Å². The summed E-state index contributed by atoms with van der Waals surface area (Å²) in [5.41, 5.74) is 1.05. The van der Waals surface area contributed by atoms with Gasteiger partial charge in [-0.1, -0.05) is 11.6 Å². The number of hydrogen-bond acceptors (Lipinski definition) is 4. The fourth-order valence-corrected chi connectivity index (χ4v) is 3.06. The summed E-state index contributed by atoms with van der Waals surface area (Å²) >= 11 is 6.24. The fraction of sp³-hybridized carbons (Fsp3) is 0.588. The van der Waals surface area contributed by atoms with Gasteiger partial charge in [0.1, 0.15) is 0 Å². The zero-order chi connectivity index (χ0) is 16.7. The Bertz CT molecular complexity index is 541. The Morgan fingerprint density at radius 2 is 2.17 bits per heavy atom. The van der Waals surface area contributed by atoms with Gasteiger partial charge in [0, 0.05) is 26.1 Å². The summed E-state index contributed by atoms with van der Waals surface area (Å²) in [6, 6.07) is 3.84. The number of amides is 1. The number of nitrogens with one attached hydrogen (secondary N) is 1. The average molecular weight is 377 g/mol. The number of likely N-dealkylation sites (tertiary alicyclic amines) is 1. The Morgan fingerprint density at radius 3 is 2.79 bits per heavy atom. The molecule has 1 aromatic rings. The molecule has 0 unspecified atom stereocenters. The molecule has 1 N–H and O–H groups in total. The van der Waals surface area contributed by atoms with Gasteiger partial charge >= 0.3 is 0 Å². The lowest BCUT2D eigenvalue weighted by Crippen LogP contribution is -2.28. The molecule has 1 aromatic carbocycles. The van der Waals surface area contributed by atoms with Crippen molar-refractivity contribution in [3.8, 4) is 11.5 Å². The maximum absolute atomic E-state index is 11.5. The third-order valence-electron chi connectivity index (χ3n) is 3.86. The first kappa shape index (κ1) is 20.9. The second kappa shape index (κ2) is 10.6. The highest BCUT2D eigenvalue weighted by Crippen LogP contribution is 2.36. The monoisotopic (exact) mass is 376 g/mol. The van der Waals surface area contributed by atoms with Crippen LogP contribution in [0.2, 0.25) is 5.02 Å². The molecule has 0 bridgehead atoms. The van der Waals surface area contributed by atoms with E-state index in [1.54, 1.807) is 7.11 Å². The molecule has 0 radical (unpaired) electrons. The number of nitrogens with zero attached hydrogens (tertiary/aromatic N) is 1. The highest BCUT2D eigenvalue weighted by molar-refractivity contribution is 6.32. The first-order valence-corrected chi connectivity index (χ1v) is 8.51. The lowest BCUT2D eigenvalue weighted by Gasteiger charge is -2.16. The summed E-state index contributed by atoms with van der Waals surface area (Å²) in [7, 11) is 1.58. The predicted octanol–water partition coefficient (Wildman–Crippen LogP) is 3.27. The largest absolute Gasteiger partial charge is 0.491 e. The van der Waals surface area contributed by atoms with E-state index in [2.05, 4.69) is 5.32 Å². The van der Waals surface area contributed by atoms with Crippen LogP contribution in [0.25, 0.3) is 0 Å². The van der Waals surface area contributed by atoms with Crippen molar-refractivity contribution in [2.75, 3.05) is 33.4 Å². The average Bonchev–Trinajstić information content (AvgIpc) is 2.92. The van der Waals surface area contributed by atoms with Crippen LogP contribution in [0.5, 0.6) is 11.5 Å². The molecule has 1 heterocycles. The van der Waals surface area contributed by atoms with Crippen molar-refractivity contribution in [2.45, 2.75) is 32.7 Å². The minimum atomic E-state index is 0. The molecular formula is C17H26Cl2N2O3. The maximum atomic E-state index is 11.5. The molecule has 0 saturated carbocycles. The number of halogens is 2. The van der Waals surface area contributed by atoms with Gasteiger partial charge in [-0.3, -0.25) is 4.79 Å². The van der Waals surface area contributed by atoms with E-state index in [0.717, 1.165) is 38.0 Å². The number of carbonyl (C=O) groups excluding carboxylic acids is 1. The second-order valence-corrected chi connectivity index (χ2v) is 5.96. The van der Waals surface area contributed by atoms with Crippen molar-refractivity contribution in [1.29, 1.82) is 0 Å². The van der Waals surface area contributed by atoms with E-state index in [9.17, 15) is 4.79 Å². The van der Waals surface area contributed by atoms with Crippen LogP contribution >= 0.6 is 24.0 Å². The predicted molar refractivity (Wildman–Crippen MR) is 98.6 cm³/mol. The Morgan fingerprint density at radius 1 is 1.38 bits per heavy atom. The minimum absolute atomic E-state index is 0. The Kier molecular flexibility index (Phi) is 9.26. The number of ether oxygens (including phenoxy) is 2. The molecule has 0 atom stereocenters. The van der Waals surface area contributed by atoms with Crippen molar-refractivity contribution < 1.29 is 14.3 Å². The van der Waals surface area contributed by atoms with E-state index >= 15 is 0 Å². The molecule has 1 aliphatic rings. The maximum Gasteiger partial charge on any atom is 0.222 e. The molecule has 1 amide bonds.